The number of hydrogen-bond acceptors (Lipinski definition) is 8. The van der Waals surface area contributed by atoms with Crippen molar-refractivity contribution in [3.8, 4) is 0 Å². The molecule has 7 N–H and O–H groups in total. The molecule has 4 unspecified atom stereocenters. The number of Topliss-reactive ketones (excluding diaryl/α,β-unsaturated/α-hetero) is 1. The lowest BCUT2D eigenvalue weighted by Gasteiger charge is -2.22. The van der Waals surface area contributed by atoms with Crippen LogP contribution >= 0.6 is 0 Å². The minimum atomic E-state index is -1.79. The molecular formula is C10H19NO8. The molecule has 0 aromatic heterocycles. The predicted octanol–water partition coefficient (Wildman–Crippen LogP) is -3.93. The third kappa shape index (κ3) is 10.2. The van der Waals surface area contributed by atoms with Gasteiger partial charge in [-0.25, -0.2) is 0 Å². The standard InChI is InChI=1S/C6H12O6.C4H7NO2/c7-1-3(9)5(11)6(12)4(10)2-8;1-3(6)2-4(5)7/h1,3-6,8-12H,2H2;2H2,1H3,(H2,5,7). The van der Waals surface area contributed by atoms with Crippen LogP contribution < -0.4 is 5.73 Å². The largest absolute Gasteiger partial charge is 0.394 e. The highest BCUT2D eigenvalue weighted by molar-refractivity contribution is 5.95. The molecule has 19 heavy (non-hydrogen) atoms. The SMILES string of the molecule is CC(=O)CC(N)=O.O=CC(O)C(O)C(O)C(O)CO. The molecule has 0 aromatic carbocycles. The van der Waals surface area contributed by atoms with Gasteiger partial charge in [0, 0.05) is 0 Å². The molecule has 0 spiro atoms. The van der Waals surface area contributed by atoms with Crippen LogP contribution in [0.2, 0.25) is 0 Å². The fraction of sp³-hybridized carbons (Fsp3) is 0.700. The van der Waals surface area contributed by atoms with E-state index in [0.717, 1.165) is 0 Å². The summed E-state index contributed by atoms with van der Waals surface area (Å²) in [5.74, 6) is -0.750. The van der Waals surface area contributed by atoms with Crippen molar-refractivity contribution < 1.29 is 39.9 Å². The minimum Gasteiger partial charge on any atom is -0.394 e. The zero-order chi connectivity index (χ0) is 15.6. The maximum atomic E-state index is 9.95. The monoisotopic (exact) mass is 281 g/mol. The third-order valence-corrected chi connectivity index (χ3v) is 1.84. The summed E-state index contributed by atoms with van der Waals surface area (Å²) in [6, 6.07) is 0. The van der Waals surface area contributed by atoms with E-state index < -0.39 is 36.9 Å². The smallest absolute Gasteiger partial charge is 0.224 e. The number of nitrogens with two attached hydrogens (primary N) is 1. The predicted molar refractivity (Wildman–Crippen MR) is 61.7 cm³/mol. The molecule has 0 saturated heterocycles. The van der Waals surface area contributed by atoms with Gasteiger partial charge < -0.3 is 36.1 Å². The van der Waals surface area contributed by atoms with Crippen LogP contribution in [0.1, 0.15) is 13.3 Å². The van der Waals surface area contributed by atoms with E-state index in [1.165, 1.54) is 6.92 Å². The van der Waals surface area contributed by atoms with Gasteiger partial charge in [0.25, 0.3) is 0 Å². The number of ketones is 1. The van der Waals surface area contributed by atoms with E-state index in [1.54, 1.807) is 0 Å². The van der Waals surface area contributed by atoms with Crippen molar-refractivity contribution in [2.75, 3.05) is 6.61 Å². The Bertz CT molecular complexity index is 283. The van der Waals surface area contributed by atoms with E-state index >= 15 is 0 Å². The summed E-state index contributed by atoms with van der Waals surface area (Å²) in [4.78, 5) is 29.7. The van der Waals surface area contributed by atoms with Crippen LogP contribution in [0.4, 0.5) is 0 Å². The van der Waals surface area contributed by atoms with Crippen LogP contribution in [0.3, 0.4) is 0 Å². The van der Waals surface area contributed by atoms with Gasteiger partial charge in [0.1, 0.15) is 30.2 Å². The summed E-state index contributed by atoms with van der Waals surface area (Å²) in [7, 11) is 0. The Balaban J connectivity index is 0. The van der Waals surface area contributed by atoms with Crippen molar-refractivity contribution >= 4 is 18.0 Å². The highest BCUT2D eigenvalue weighted by Gasteiger charge is 2.29. The summed E-state index contributed by atoms with van der Waals surface area (Å²) in [6.45, 7) is 0.564. The maximum absolute atomic E-state index is 9.95. The summed E-state index contributed by atoms with van der Waals surface area (Å²) in [6.07, 6.45) is -6.98. The zero-order valence-corrected chi connectivity index (χ0v) is 10.3. The average Bonchev–Trinajstić information content (AvgIpc) is 2.34. The number of carbonyl (C=O) groups is 3. The first-order valence-corrected chi connectivity index (χ1v) is 5.23. The quantitative estimate of drug-likeness (QED) is 0.202. The Hall–Kier alpha value is -1.39. The summed E-state index contributed by atoms with van der Waals surface area (Å²) in [5.41, 5.74) is 4.63. The highest BCUT2D eigenvalue weighted by Crippen LogP contribution is 2.02. The van der Waals surface area contributed by atoms with Crippen LogP contribution in [-0.2, 0) is 14.4 Å². The van der Waals surface area contributed by atoms with Crippen molar-refractivity contribution in [2.24, 2.45) is 5.73 Å². The zero-order valence-electron chi connectivity index (χ0n) is 10.3. The van der Waals surface area contributed by atoms with Crippen molar-refractivity contribution in [3.63, 3.8) is 0 Å². The Kier molecular flexibility index (Phi) is 11.0. The summed E-state index contributed by atoms with van der Waals surface area (Å²) >= 11 is 0. The van der Waals surface area contributed by atoms with Crippen LogP contribution in [0.15, 0.2) is 0 Å². The Morgan fingerprint density at radius 3 is 1.84 bits per heavy atom. The number of aldehydes is 1. The number of rotatable bonds is 7. The van der Waals surface area contributed by atoms with Crippen molar-refractivity contribution in [1.29, 1.82) is 0 Å². The number of primary amides is 1. The van der Waals surface area contributed by atoms with Crippen LogP contribution in [0, 0.1) is 0 Å². The second-order valence-electron chi connectivity index (χ2n) is 3.70. The Morgan fingerprint density at radius 2 is 1.63 bits per heavy atom. The van der Waals surface area contributed by atoms with E-state index in [1.807, 2.05) is 0 Å². The molecule has 0 heterocycles. The highest BCUT2D eigenvalue weighted by atomic mass is 16.4. The molecule has 0 fully saturated rings. The van der Waals surface area contributed by atoms with Crippen LogP contribution in [0.25, 0.3) is 0 Å². The number of amides is 1. The molecule has 1 amide bonds. The number of aliphatic hydroxyl groups excluding tert-OH is 5. The van der Waals surface area contributed by atoms with Crippen LogP contribution in [0.5, 0.6) is 0 Å². The number of carbonyl (C=O) groups excluding carboxylic acids is 3. The lowest BCUT2D eigenvalue weighted by molar-refractivity contribution is -0.136. The Labute approximate surface area is 109 Å². The molecule has 0 aromatic rings. The number of aliphatic hydroxyl groups is 5. The molecule has 9 heteroatoms. The van der Waals surface area contributed by atoms with Gasteiger partial charge in [-0.1, -0.05) is 0 Å². The van der Waals surface area contributed by atoms with Gasteiger partial charge >= 0.3 is 0 Å². The van der Waals surface area contributed by atoms with E-state index in [0.29, 0.717) is 0 Å². The molecule has 0 aliphatic heterocycles. The molecule has 9 nitrogen and oxygen atoms in total. The second kappa shape index (κ2) is 10.5. The molecular weight excluding hydrogens is 262 g/mol. The van der Waals surface area contributed by atoms with Gasteiger partial charge in [0.05, 0.1) is 13.0 Å². The molecule has 112 valence electrons. The molecule has 0 rings (SSSR count). The van der Waals surface area contributed by atoms with Crippen molar-refractivity contribution in [2.45, 2.75) is 37.8 Å². The first-order valence-electron chi connectivity index (χ1n) is 5.23. The topological polar surface area (TPSA) is 178 Å². The van der Waals surface area contributed by atoms with Gasteiger partial charge in [-0.15, -0.1) is 0 Å². The van der Waals surface area contributed by atoms with E-state index in [4.69, 9.17) is 25.5 Å². The van der Waals surface area contributed by atoms with Gasteiger partial charge in [0.2, 0.25) is 5.91 Å². The molecule has 4 atom stereocenters. The van der Waals surface area contributed by atoms with E-state index in [9.17, 15) is 14.4 Å². The van der Waals surface area contributed by atoms with E-state index in [-0.39, 0.29) is 18.5 Å². The van der Waals surface area contributed by atoms with Crippen molar-refractivity contribution in [3.05, 3.63) is 0 Å². The van der Waals surface area contributed by atoms with Crippen LogP contribution in [-0.4, -0.2) is 74.5 Å². The lowest BCUT2D eigenvalue weighted by atomic mass is 10.0. The van der Waals surface area contributed by atoms with Gasteiger partial charge in [-0.3, -0.25) is 9.59 Å². The van der Waals surface area contributed by atoms with Gasteiger partial charge in [-0.2, -0.15) is 0 Å². The average molecular weight is 281 g/mol. The Morgan fingerprint density at radius 1 is 1.16 bits per heavy atom. The third-order valence-electron chi connectivity index (χ3n) is 1.84. The van der Waals surface area contributed by atoms with E-state index in [2.05, 4.69) is 5.73 Å². The van der Waals surface area contributed by atoms with Gasteiger partial charge in [0.15, 0.2) is 6.29 Å². The minimum absolute atomic E-state index is 0.0258. The fourth-order valence-electron chi connectivity index (χ4n) is 0.863. The summed E-state index contributed by atoms with van der Waals surface area (Å²) < 4.78 is 0. The fourth-order valence-corrected chi connectivity index (χ4v) is 0.863. The van der Waals surface area contributed by atoms with Gasteiger partial charge in [-0.05, 0) is 6.92 Å². The molecule has 0 aliphatic rings. The first-order chi connectivity index (χ1) is 8.67. The lowest BCUT2D eigenvalue weighted by Crippen LogP contribution is -2.46. The molecule has 0 aliphatic carbocycles. The molecule has 0 bridgehead atoms. The maximum Gasteiger partial charge on any atom is 0.224 e. The summed E-state index contributed by atoms with van der Waals surface area (Å²) in [5, 5.41) is 43.5. The second-order valence-corrected chi connectivity index (χ2v) is 3.70. The normalized spacial score (nSPS) is 16.3. The molecule has 0 saturated carbocycles. The first kappa shape index (κ1) is 19.9. The number of hydrogen-bond donors (Lipinski definition) is 6. The van der Waals surface area contributed by atoms with Crippen molar-refractivity contribution in [1.82, 2.24) is 0 Å². The molecule has 0 radical (unpaired) electrons.